The molecule has 0 N–H and O–H groups in total. The van der Waals surface area contributed by atoms with Crippen LogP contribution >= 0.6 is 0 Å². The predicted molar refractivity (Wildman–Crippen MR) is 50.4 cm³/mol. The van der Waals surface area contributed by atoms with Crippen LogP contribution < -0.4 is 0 Å². The molecular formula is C10H18Si. The van der Waals surface area contributed by atoms with Gasteiger partial charge in [0.15, 0.2) is 0 Å². The van der Waals surface area contributed by atoms with E-state index in [2.05, 4.69) is 19.6 Å². The molecule has 0 aliphatic heterocycles. The van der Waals surface area contributed by atoms with Gasteiger partial charge < -0.3 is 0 Å². The summed E-state index contributed by atoms with van der Waals surface area (Å²) in [4.78, 5) is 0. The highest BCUT2D eigenvalue weighted by atomic mass is 28.3. The van der Waals surface area contributed by atoms with Gasteiger partial charge in [-0.2, -0.15) is 0 Å². The number of hydrogen-bond acceptors (Lipinski definition) is 0. The van der Waals surface area contributed by atoms with Crippen molar-refractivity contribution in [3.63, 3.8) is 0 Å². The summed E-state index contributed by atoms with van der Waals surface area (Å²) in [5.74, 6) is 3.62. The van der Waals surface area contributed by atoms with Crippen molar-refractivity contribution in [1.29, 1.82) is 0 Å². The standard InChI is InChI=1S/C10H18Si/c1-11(2,3)10-6-7-4-8(10)9(10)5-7/h7-9H,4-6H2,1-3H3. The van der Waals surface area contributed by atoms with Crippen molar-refractivity contribution >= 4 is 8.07 Å². The minimum absolute atomic E-state index is 0.796. The molecule has 0 aromatic rings. The van der Waals surface area contributed by atoms with Gasteiger partial charge in [-0.1, -0.05) is 19.6 Å². The molecule has 0 nitrogen and oxygen atoms in total. The molecule has 2 unspecified atom stereocenters. The zero-order valence-electron chi connectivity index (χ0n) is 7.85. The summed E-state index contributed by atoms with van der Waals surface area (Å²) in [6.45, 7) is 7.77. The van der Waals surface area contributed by atoms with Crippen LogP contribution in [0.25, 0.3) is 0 Å². The molecule has 4 saturated carbocycles. The van der Waals surface area contributed by atoms with E-state index in [0.717, 1.165) is 5.04 Å². The van der Waals surface area contributed by atoms with Crippen LogP contribution in [0.2, 0.25) is 24.7 Å². The third kappa shape index (κ3) is 0.526. The Balaban J connectivity index is 2.01. The van der Waals surface area contributed by atoms with Crippen molar-refractivity contribution in [2.75, 3.05) is 0 Å². The third-order valence-corrected chi connectivity index (χ3v) is 8.64. The van der Waals surface area contributed by atoms with E-state index in [9.17, 15) is 0 Å². The van der Waals surface area contributed by atoms with E-state index in [4.69, 9.17) is 0 Å². The van der Waals surface area contributed by atoms with Crippen molar-refractivity contribution in [2.45, 2.75) is 43.9 Å². The number of rotatable bonds is 1. The lowest BCUT2D eigenvalue weighted by Crippen LogP contribution is -2.29. The van der Waals surface area contributed by atoms with Crippen LogP contribution in [-0.4, -0.2) is 8.07 Å². The van der Waals surface area contributed by atoms with Crippen LogP contribution in [0, 0.1) is 17.8 Å². The first kappa shape index (κ1) is 6.70. The fourth-order valence-corrected chi connectivity index (χ4v) is 8.21. The summed E-state index contributed by atoms with van der Waals surface area (Å²) in [6, 6.07) is 0. The first-order valence-corrected chi connectivity index (χ1v) is 8.56. The van der Waals surface area contributed by atoms with Gasteiger partial charge in [-0.25, -0.2) is 0 Å². The molecular weight excluding hydrogens is 148 g/mol. The predicted octanol–water partition coefficient (Wildman–Crippen LogP) is 3.12. The van der Waals surface area contributed by atoms with E-state index < -0.39 is 8.07 Å². The molecule has 4 fully saturated rings. The highest BCUT2D eigenvalue weighted by Gasteiger charge is 2.77. The third-order valence-electron chi connectivity index (χ3n) is 4.90. The topological polar surface area (TPSA) is 0 Å². The fraction of sp³-hybridized carbons (Fsp3) is 1.00. The SMILES string of the molecule is C[Si](C)(C)C12CC3CC1C2C3. The number of hydrogen-bond donors (Lipinski definition) is 0. The van der Waals surface area contributed by atoms with Gasteiger partial charge in [0.1, 0.15) is 0 Å². The lowest BCUT2D eigenvalue weighted by molar-refractivity contribution is 0.604. The molecule has 0 spiro atoms. The van der Waals surface area contributed by atoms with Crippen LogP contribution in [0.15, 0.2) is 0 Å². The Hall–Kier alpha value is 0.217. The molecule has 4 aliphatic rings. The van der Waals surface area contributed by atoms with E-state index in [1.807, 2.05) is 0 Å². The molecule has 1 heteroatoms. The zero-order chi connectivity index (χ0) is 7.85. The molecule has 2 atom stereocenters. The Labute approximate surface area is 70.4 Å². The van der Waals surface area contributed by atoms with Gasteiger partial charge in [-0.15, -0.1) is 0 Å². The molecule has 0 aromatic heterocycles. The van der Waals surface area contributed by atoms with E-state index in [1.165, 1.54) is 17.8 Å². The van der Waals surface area contributed by atoms with Gasteiger partial charge in [0.25, 0.3) is 0 Å². The minimum Gasteiger partial charge on any atom is -0.0691 e. The van der Waals surface area contributed by atoms with Crippen LogP contribution in [-0.2, 0) is 0 Å². The zero-order valence-corrected chi connectivity index (χ0v) is 8.85. The molecule has 0 heterocycles. The molecule has 0 amide bonds. The van der Waals surface area contributed by atoms with Gasteiger partial charge in [0, 0.05) is 0 Å². The summed E-state index contributed by atoms with van der Waals surface area (Å²) in [7, 11) is -0.796. The second-order valence-electron chi connectivity index (χ2n) is 6.04. The molecule has 4 bridgehead atoms. The van der Waals surface area contributed by atoms with Crippen molar-refractivity contribution in [3.8, 4) is 0 Å². The van der Waals surface area contributed by atoms with Crippen LogP contribution in [0.1, 0.15) is 19.3 Å². The summed E-state index contributed by atoms with van der Waals surface area (Å²) in [6.07, 6.45) is 4.88. The summed E-state index contributed by atoms with van der Waals surface area (Å²) in [5, 5.41) is 0.970. The van der Waals surface area contributed by atoms with Gasteiger partial charge in [-0.3, -0.25) is 0 Å². The van der Waals surface area contributed by atoms with Crippen molar-refractivity contribution in [1.82, 2.24) is 0 Å². The monoisotopic (exact) mass is 166 g/mol. The maximum Gasteiger partial charge on any atom is 0.0513 e. The Morgan fingerprint density at radius 1 is 1.09 bits per heavy atom. The lowest BCUT2D eigenvalue weighted by Gasteiger charge is -2.27. The highest BCUT2D eigenvalue weighted by Crippen LogP contribution is 2.87. The second-order valence-corrected chi connectivity index (χ2v) is 11.5. The van der Waals surface area contributed by atoms with Crippen LogP contribution in [0.4, 0.5) is 0 Å². The Kier molecular flexibility index (Phi) is 0.902. The normalized spacial score (nSPS) is 58.6. The molecule has 0 radical (unpaired) electrons. The van der Waals surface area contributed by atoms with Gasteiger partial charge in [0.05, 0.1) is 8.07 Å². The fourth-order valence-electron chi connectivity index (χ4n) is 4.53. The maximum atomic E-state index is 2.59. The second kappa shape index (κ2) is 1.48. The molecule has 4 rings (SSSR count). The van der Waals surface area contributed by atoms with Crippen molar-refractivity contribution in [2.24, 2.45) is 17.8 Å². The van der Waals surface area contributed by atoms with Crippen LogP contribution in [0.3, 0.4) is 0 Å². The minimum atomic E-state index is -0.796. The van der Waals surface area contributed by atoms with E-state index in [-0.39, 0.29) is 0 Å². The maximum absolute atomic E-state index is 2.59. The van der Waals surface area contributed by atoms with Crippen LogP contribution in [0.5, 0.6) is 0 Å². The largest absolute Gasteiger partial charge is 0.0691 e. The van der Waals surface area contributed by atoms with Gasteiger partial charge >= 0.3 is 0 Å². The average molecular weight is 166 g/mol. The lowest BCUT2D eigenvalue weighted by atomic mass is 10.1. The summed E-state index contributed by atoms with van der Waals surface area (Å²) >= 11 is 0. The highest BCUT2D eigenvalue weighted by molar-refractivity contribution is 6.80. The van der Waals surface area contributed by atoms with E-state index in [0.29, 0.717) is 0 Å². The molecule has 62 valence electrons. The Morgan fingerprint density at radius 2 is 1.64 bits per heavy atom. The summed E-state index contributed by atoms with van der Waals surface area (Å²) < 4.78 is 0. The van der Waals surface area contributed by atoms with Gasteiger partial charge in [0.2, 0.25) is 0 Å². The molecule has 11 heavy (non-hydrogen) atoms. The first-order chi connectivity index (χ1) is 5.06. The average Bonchev–Trinajstić information content (AvgIpc) is 2.39. The molecule has 0 saturated heterocycles. The molecule has 0 aromatic carbocycles. The van der Waals surface area contributed by atoms with E-state index in [1.54, 1.807) is 19.3 Å². The summed E-state index contributed by atoms with van der Waals surface area (Å²) in [5.41, 5.74) is 0. The van der Waals surface area contributed by atoms with E-state index >= 15 is 0 Å². The van der Waals surface area contributed by atoms with Crippen molar-refractivity contribution in [3.05, 3.63) is 0 Å². The Bertz CT molecular complexity index is 201. The smallest absolute Gasteiger partial charge is 0.0513 e. The molecule has 4 aliphatic carbocycles. The van der Waals surface area contributed by atoms with Gasteiger partial charge in [-0.05, 0) is 42.1 Å². The quantitative estimate of drug-likeness (QED) is 0.525. The van der Waals surface area contributed by atoms with Crippen molar-refractivity contribution < 1.29 is 0 Å². The first-order valence-electron chi connectivity index (χ1n) is 5.06. The Morgan fingerprint density at radius 3 is 1.82 bits per heavy atom.